The Kier molecular flexibility index (Phi) is 4.57. The topological polar surface area (TPSA) is 38.0 Å². The summed E-state index contributed by atoms with van der Waals surface area (Å²) in [5.41, 5.74) is 8.57. The van der Waals surface area contributed by atoms with E-state index in [0.29, 0.717) is 5.92 Å². The Hall–Kier alpha value is -0.860. The van der Waals surface area contributed by atoms with Gasteiger partial charge in [-0.05, 0) is 25.3 Å². The van der Waals surface area contributed by atoms with Crippen molar-refractivity contribution in [2.45, 2.75) is 44.6 Å². The van der Waals surface area contributed by atoms with Gasteiger partial charge in [0, 0.05) is 25.0 Å². The van der Waals surface area contributed by atoms with Crippen LogP contribution < -0.4 is 11.1 Å². The molecule has 94 valence electrons. The lowest BCUT2D eigenvalue weighted by Crippen LogP contribution is -2.33. The molecule has 0 aromatic heterocycles. The number of rotatable bonds is 5. The molecule has 0 heterocycles. The molecule has 0 spiro atoms. The summed E-state index contributed by atoms with van der Waals surface area (Å²) in [6, 6.07) is 9.50. The lowest BCUT2D eigenvalue weighted by atomic mass is 9.98. The Morgan fingerprint density at radius 3 is 2.47 bits per heavy atom. The average molecular weight is 232 g/mol. The molecule has 1 aliphatic carbocycles. The first-order valence-electron chi connectivity index (χ1n) is 6.79. The van der Waals surface area contributed by atoms with Crippen LogP contribution in [0.25, 0.3) is 0 Å². The molecule has 17 heavy (non-hydrogen) atoms. The highest BCUT2D eigenvalue weighted by atomic mass is 14.9. The maximum absolute atomic E-state index is 5.89. The zero-order chi connectivity index (χ0) is 12.1. The summed E-state index contributed by atoms with van der Waals surface area (Å²) in [6.45, 7) is 3.87. The van der Waals surface area contributed by atoms with Crippen LogP contribution in [0.2, 0.25) is 0 Å². The molecule has 1 aromatic rings. The maximum atomic E-state index is 5.89. The second-order valence-corrected chi connectivity index (χ2v) is 5.23. The number of nitrogens with two attached hydrogens (primary N) is 1. The minimum atomic E-state index is 0.455. The fraction of sp³-hybridized carbons (Fsp3) is 0.600. The third-order valence-corrected chi connectivity index (χ3v) is 3.84. The summed E-state index contributed by atoms with van der Waals surface area (Å²) in [5.74, 6) is 0.455. The van der Waals surface area contributed by atoms with Crippen LogP contribution in [0.4, 0.5) is 0 Å². The maximum Gasteiger partial charge on any atom is 0.00864 e. The number of aryl methyl sites for hydroxylation is 1. The van der Waals surface area contributed by atoms with Crippen molar-refractivity contribution in [1.82, 2.24) is 5.32 Å². The molecular weight excluding hydrogens is 208 g/mol. The summed E-state index contributed by atoms with van der Waals surface area (Å²) >= 11 is 0. The van der Waals surface area contributed by atoms with Gasteiger partial charge in [0.05, 0.1) is 0 Å². The molecule has 2 rings (SSSR count). The van der Waals surface area contributed by atoms with E-state index in [9.17, 15) is 0 Å². The molecule has 2 nitrogen and oxygen atoms in total. The van der Waals surface area contributed by atoms with Gasteiger partial charge in [0.2, 0.25) is 0 Å². The fourth-order valence-corrected chi connectivity index (χ4v) is 2.61. The molecule has 0 amide bonds. The Balaban J connectivity index is 1.89. The molecule has 0 radical (unpaired) electrons. The summed E-state index contributed by atoms with van der Waals surface area (Å²) in [5, 5.41) is 3.67. The van der Waals surface area contributed by atoms with Gasteiger partial charge in [0.25, 0.3) is 0 Å². The molecule has 1 atom stereocenters. The van der Waals surface area contributed by atoms with E-state index in [0.717, 1.165) is 19.1 Å². The van der Waals surface area contributed by atoms with E-state index >= 15 is 0 Å². The number of hydrogen-bond acceptors (Lipinski definition) is 2. The van der Waals surface area contributed by atoms with Crippen molar-refractivity contribution >= 4 is 0 Å². The predicted octanol–water partition coefficient (Wildman–Crippen LogP) is 2.57. The second-order valence-electron chi connectivity index (χ2n) is 5.23. The van der Waals surface area contributed by atoms with Crippen molar-refractivity contribution in [3.63, 3.8) is 0 Å². The summed E-state index contributed by atoms with van der Waals surface area (Å²) in [4.78, 5) is 0. The third kappa shape index (κ3) is 3.55. The van der Waals surface area contributed by atoms with Gasteiger partial charge in [0.1, 0.15) is 0 Å². The molecule has 1 unspecified atom stereocenters. The lowest BCUT2D eigenvalue weighted by Gasteiger charge is -2.19. The van der Waals surface area contributed by atoms with E-state index in [1.165, 1.54) is 36.8 Å². The second kappa shape index (κ2) is 6.18. The van der Waals surface area contributed by atoms with Crippen molar-refractivity contribution in [1.29, 1.82) is 0 Å². The highest BCUT2D eigenvalue weighted by Crippen LogP contribution is 2.20. The molecule has 1 saturated carbocycles. The van der Waals surface area contributed by atoms with E-state index in [-0.39, 0.29) is 0 Å². The van der Waals surface area contributed by atoms with E-state index in [1.807, 2.05) is 0 Å². The Morgan fingerprint density at radius 2 is 1.88 bits per heavy atom. The zero-order valence-electron chi connectivity index (χ0n) is 10.8. The van der Waals surface area contributed by atoms with Gasteiger partial charge < -0.3 is 11.1 Å². The van der Waals surface area contributed by atoms with Crippen molar-refractivity contribution < 1.29 is 0 Å². The fourth-order valence-electron chi connectivity index (χ4n) is 2.61. The lowest BCUT2D eigenvalue weighted by molar-refractivity contribution is 0.490. The van der Waals surface area contributed by atoms with Crippen LogP contribution in [-0.4, -0.2) is 19.1 Å². The monoisotopic (exact) mass is 232 g/mol. The summed E-state index contributed by atoms with van der Waals surface area (Å²) in [7, 11) is 0. The van der Waals surface area contributed by atoms with E-state index in [2.05, 4.69) is 36.5 Å². The smallest absolute Gasteiger partial charge is 0.00864 e. The van der Waals surface area contributed by atoms with Crippen LogP contribution in [0.3, 0.4) is 0 Å². The van der Waals surface area contributed by atoms with Gasteiger partial charge >= 0.3 is 0 Å². The predicted molar refractivity (Wildman–Crippen MR) is 73.2 cm³/mol. The van der Waals surface area contributed by atoms with Gasteiger partial charge in [-0.3, -0.25) is 0 Å². The highest BCUT2D eigenvalue weighted by Gasteiger charge is 2.16. The Labute approximate surface area is 105 Å². The molecule has 1 fully saturated rings. The molecule has 1 aromatic carbocycles. The zero-order valence-corrected chi connectivity index (χ0v) is 10.8. The Bertz CT molecular complexity index is 325. The molecular formula is C15H24N2. The van der Waals surface area contributed by atoms with Crippen molar-refractivity contribution in [3.8, 4) is 0 Å². The first kappa shape index (κ1) is 12.6. The molecule has 0 saturated heterocycles. The van der Waals surface area contributed by atoms with Gasteiger partial charge in [-0.1, -0.05) is 42.7 Å². The van der Waals surface area contributed by atoms with Gasteiger partial charge in [-0.15, -0.1) is 0 Å². The van der Waals surface area contributed by atoms with Crippen LogP contribution >= 0.6 is 0 Å². The van der Waals surface area contributed by atoms with Crippen LogP contribution in [-0.2, 0) is 0 Å². The SMILES string of the molecule is Cc1ccc(C(CN)CNC2CCCC2)cc1. The van der Waals surface area contributed by atoms with Gasteiger partial charge in [0.15, 0.2) is 0 Å². The first-order chi connectivity index (χ1) is 8.29. The van der Waals surface area contributed by atoms with Gasteiger partial charge in [-0.2, -0.15) is 0 Å². The van der Waals surface area contributed by atoms with Crippen LogP contribution in [0.15, 0.2) is 24.3 Å². The molecule has 0 bridgehead atoms. The number of benzene rings is 1. The standard InChI is InChI=1S/C15H24N2/c1-12-6-8-13(9-7-12)14(10-16)11-17-15-4-2-3-5-15/h6-9,14-15,17H,2-5,10-11,16H2,1H3. The summed E-state index contributed by atoms with van der Waals surface area (Å²) < 4.78 is 0. The molecule has 2 heteroatoms. The largest absolute Gasteiger partial charge is 0.330 e. The number of nitrogens with one attached hydrogen (secondary N) is 1. The summed E-state index contributed by atoms with van der Waals surface area (Å²) in [6.07, 6.45) is 5.45. The van der Waals surface area contributed by atoms with E-state index in [4.69, 9.17) is 5.73 Å². The van der Waals surface area contributed by atoms with Crippen molar-refractivity contribution in [2.24, 2.45) is 5.73 Å². The van der Waals surface area contributed by atoms with E-state index in [1.54, 1.807) is 0 Å². The molecule has 0 aliphatic heterocycles. The van der Waals surface area contributed by atoms with Gasteiger partial charge in [-0.25, -0.2) is 0 Å². The van der Waals surface area contributed by atoms with Crippen LogP contribution in [0, 0.1) is 6.92 Å². The third-order valence-electron chi connectivity index (χ3n) is 3.84. The Morgan fingerprint density at radius 1 is 1.24 bits per heavy atom. The highest BCUT2D eigenvalue weighted by molar-refractivity contribution is 5.25. The van der Waals surface area contributed by atoms with Crippen molar-refractivity contribution in [3.05, 3.63) is 35.4 Å². The van der Waals surface area contributed by atoms with Crippen LogP contribution in [0.5, 0.6) is 0 Å². The van der Waals surface area contributed by atoms with Crippen LogP contribution in [0.1, 0.15) is 42.7 Å². The molecule has 1 aliphatic rings. The van der Waals surface area contributed by atoms with Crippen molar-refractivity contribution in [2.75, 3.05) is 13.1 Å². The number of hydrogen-bond donors (Lipinski definition) is 2. The molecule has 3 N–H and O–H groups in total. The first-order valence-corrected chi connectivity index (χ1v) is 6.79. The normalized spacial score (nSPS) is 18.5. The van der Waals surface area contributed by atoms with E-state index < -0.39 is 0 Å². The minimum Gasteiger partial charge on any atom is -0.330 e. The quantitative estimate of drug-likeness (QED) is 0.819. The minimum absolute atomic E-state index is 0.455. The average Bonchev–Trinajstić information content (AvgIpc) is 2.85.